The number of rotatable bonds is 4. The summed E-state index contributed by atoms with van der Waals surface area (Å²) >= 11 is 0. The van der Waals surface area contributed by atoms with E-state index in [1.165, 1.54) is 24.0 Å². The number of aryl methyl sites for hydroxylation is 1. The van der Waals surface area contributed by atoms with Gasteiger partial charge in [0.25, 0.3) is 5.91 Å². The third-order valence-corrected chi connectivity index (χ3v) is 4.38. The van der Waals surface area contributed by atoms with Gasteiger partial charge >= 0.3 is 0 Å². The quantitative estimate of drug-likeness (QED) is 0.869. The van der Waals surface area contributed by atoms with Crippen LogP contribution in [0.5, 0.6) is 0 Å². The molecule has 2 unspecified atom stereocenters. The average Bonchev–Trinajstić information content (AvgIpc) is 3.09. The summed E-state index contributed by atoms with van der Waals surface area (Å²) in [7, 11) is 0. The van der Waals surface area contributed by atoms with Gasteiger partial charge in [-0.05, 0) is 49.9 Å². The highest BCUT2D eigenvalue weighted by Gasteiger charge is 2.27. The summed E-state index contributed by atoms with van der Waals surface area (Å²) in [5.74, 6) is -0.237. The van der Waals surface area contributed by atoms with E-state index in [0.29, 0.717) is 6.54 Å². The minimum atomic E-state index is -0.916. The van der Waals surface area contributed by atoms with Crippen LogP contribution in [-0.4, -0.2) is 41.7 Å². The molecule has 0 bridgehead atoms. The van der Waals surface area contributed by atoms with E-state index in [1.54, 1.807) is 0 Å². The van der Waals surface area contributed by atoms with Gasteiger partial charge in [0, 0.05) is 6.54 Å². The third kappa shape index (κ3) is 2.86. The fourth-order valence-corrected chi connectivity index (χ4v) is 3.27. The lowest BCUT2D eigenvalue weighted by Gasteiger charge is -2.21. The van der Waals surface area contributed by atoms with E-state index in [2.05, 4.69) is 22.3 Å². The molecule has 1 amide bonds. The number of aliphatic hydroxyl groups excluding tert-OH is 1. The number of carbonyl (C=O) groups is 1. The Hall–Kier alpha value is -1.39. The number of hydrogen-bond donors (Lipinski definition) is 2. The second-order valence-electron chi connectivity index (χ2n) is 5.82. The molecule has 4 heteroatoms. The highest BCUT2D eigenvalue weighted by Crippen LogP contribution is 2.30. The van der Waals surface area contributed by atoms with Crippen LogP contribution < -0.4 is 5.32 Å². The van der Waals surface area contributed by atoms with Crippen molar-refractivity contribution in [1.29, 1.82) is 0 Å². The Morgan fingerprint density at radius 3 is 2.90 bits per heavy atom. The number of aliphatic hydroxyl groups is 1. The highest BCUT2D eigenvalue weighted by atomic mass is 16.3. The lowest BCUT2D eigenvalue weighted by Crippen LogP contribution is -2.43. The van der Waals surface area contributed by atoms with Crippen LogP contribution in [0.25, 0.3) is 0 Å². The molecular formula is C16H22N2O2. The van der Waals surface area contributed by atoms with E-state index < -0.39 is 6.10 Å². The summed E-state index contributed by atoms with van der Waals surface area (Å²) in [6.45, 7) is 2.45. The Labute approximate surface area is 119 Å². The minimum absolute atomic E-state index is 0.0620. The molecule has 1 aromatic carbocycles. The molecule has 0 radical (unpaired) electrons. The molecule has 20 heavy (non-hydrogen) atoms. The number of likely N-dealkylation sites (tertiary alicyclic amines) is 1. The van der Waals surface area contributed by atoms with Crippen LogP contribution in [0.1, 0.15) is 36.4 Å². The third-order valence-electron chi connectivity index (χ3n) is 4.38. The van der Waals surface area contributed by atoms with Crippen LogP contribution in [0.15, 0.2) is 24.3 Å². The fourth-order valence-electron chi connectivity index (χ4n) is 3.27. The van der Waals surface area contributed by atoms with Crippen molar-refractivity contribution in [3.8, 4) is 0 Å². The Bertz CT molecular complexity index is 483. The molecule has 1 heterocycles. The average molecular weight is 274 g/mol. The van der Waals surface area contributed by atoms with Crippen molar-refractivity contribution in [2.45, 2.75) is 37.8 Å². The van der Waals surface area contributed by atoms with Crippen LogP contribution >= 0.6 is 0 Å². The second kappa shape index (κ2) is 5.94. The molecular weight excluding hydrogens is 252 g/mol. The second-order valence-corrected chi connectivity index (χ2v) is 5.82. The smallest absolute Gasteiger partial charge is 0.250 e. The number of fused-ring (bicyclic) bond motifs is 1. The number of benzene rings is 1. The molecule has 3 rings (SSSR count). The Morgan fingerprint density at radius 2 is 2.10 bits per heavy atom. The molecule has 1 aromatic rings. The summed E-state index contributed by atoms with van der Waals surface area (Å²) in [6, 6.07) is 8.28. The van der Waals surface area contributed by atoms with E-state index in [9.17, 15) is 9.90 Å². The summed E-state index contributed by atoms with van der Waals surface area (Å²) in [6.07, 6.45) is 3.36. The number of hydrogen-bond acceptors (Lipinski definition) is 3. The Kier molecular flexibility index (Phi) is 4.03. The summed E-state index contributed by atoms with van der Waals surface area (Å²) in [4.78, 5) is 14.3. The first-order chi connectivity index (χ1) is 9.74. The van der Waals surface area contributed by atoms with Crippen LogP contribution in [0.4, 0.5) is 0 Å². The Morgan fingerprint density at radius 1 is 1.35 bits per heavy atom. The number of β-amino-alcohol motifs (C(OH)–C–C–N with tert-alkyl or cyclic N) is 1. The molecule has 108 valence electrons. The molecule has 0 aromatic heterocycles. The normalized spacial score (nSPS) is 23.6. The molecule has 0 saturated carbocycles. The van der Waals surface area contributed by atoms with Crippen LogP contribution in [0, 0.1) is 0 Å². The van der Waals surface area contributed by atoms with Gasteiger partial charge < -0.3 is 15.3 Å². The lowest BCUT2D eigenvalue weighted by molar-refractivity contribution is -0.130. The highest BCUT2D eigenvalue weighted by molar-refractivity contribution is 5.81. The van der Waals surface area contributed by atoms with Gasteiger partial charge in [-0.15, -0.1) is 0 Å². The van der Waals surface area contributed by atoms with E-state index >= 15 is 0 Å². The summed E-state index contributed by atoms with van der Waals surface area (Å²) in [5, 5.41) is 13.0. The van der Waals surface area contributed by atoms with Gasteiger partial charge in [-0.25, -0.2) is 0 Å². The zero-order chi connectivity index (χ0) is 13.9. The van der Waals surface area contributed by atoms with Crippen molar-refractivity contribution in [1.82, 2.24) is 10.2 Å². The van der Waals surface area contributed by atoms with Crippen molar-refractivity contribution in [3.05, 3.63) is 35.4 Å². The van der Waals surface area contributed by atoms with Gasteiger partial charge in [0.1, 0.15) is 6.10 Å². The predicted octanol–water partition coefficient (Wildman–Crippen LogP) is 1.25. The minimum Gasteiger partial charge on any atom is -0.382 e. The maximum absolute atomic E-state index is 12.1. The zero-order valence-electron chi connectivity index (χ0n) is 11.7. The number of amides is 1. The predicted molar refractivity (Wildman–Crippen MR) is 77.3 cm³/mol. The van der Waals surface area contributed by atoms with Crippen molar-refractivity contribution in [3.63, 3.8) is 0 Å². The first-order valence-corrected chi connectivity index (χ1v) is 7.52. The molecule has 0 spiro atoms. The van der Waals surface area contributed by atoms with Crippen LogP contribution in [0.3, 0.4) is 0 Å². The lowest BCUT2D eigenvalue weighted by atomic mass is 10.1. The van der Waals surface area contributed by atoms with Crippen molar-refractivity contribution >= 4 is 5.91 Å². The molecule has 1 aliphatic heterocycles. The molecule has 2 N–H and O–H groups in total. The number of nitrogens with one attached hydrogen (secondary N) is 1. The summed E-state index contributed by atoms with van der Waals surface area (Å²) < 4.78 is 0. The van der Waals surface area contributed by atoms with E-state index in [-0.39, 0.29) is 11.9 Å². The SMILES string of the molecule is O=C(NC1CCc2ccccc21)C(O)CN1CCCC1. The van der Waals surface area contributed by atoms with Gasteiger partial charge in [0.05, 0.1) is 6.04 Å². The monoisotopic (exact) mass is 274 g/mol. The van der Waals surface area contributed by atoms with E-state index in [1.807, 2.05) is 12.1 Å². The van der Waals surface area contributed by atoms with Crippen molar-refractivity contribution < 1.29 is 9.90 Å². The van der Waals surface area contributed by atoms with Gasteiger partial charge in [-0.2, -0.15) is 0 Å². The maximum atomic E-state index is 12.1. The molecule has 1 saturated heterocycles. The van der Waals surface area contributed by atoms with Crippen LogP contribution in [-0.2, 0) is 11.2 Å². The van der Waals surface area contributed by atoms with Gasteiger partial charge in [0.2, 0.25) is 0 Å². The standard InChI is InChI=1S/C16H22N2O2/c19-15(11-18-9-3-4-10-18)16(20)17-14-8-7-12-5-1-2-6-13(12)14/h1-2,5-6,14-15,19H,3-4,7-11H2,(H,17,20). The van der Waals surface area contributed by atoms with Crippen molar-refractivity contribution in [2.24, 2.45) is 0 Å². The first-order valence-electron chi connectivity index (χ1n) is 7.52. The summed E-state index contributed by atoms with van der Waals surface area (Å²) in [5.41, 5.74) is 2.51. The molecule has 1 fully saturated rings. The number of carbonyl (C=O) groups excluding carboxylic acids is 1. The molecule has 1 aliphatic carbocycles. The van der Waals surface area contributed by atoms with Gasteiger partial charge in [0.15, 0.2) is 0 Å². The zero-order valence-corrected chi connectivity index (χ0v) is 11.7. The first kappa shape index (κ1) is 13.6. The van der Waals surface area contributed by atoms with Gasteiger partial charge in [-0.1, -0.05) is 24.3 Å². The topological polar surface area (TPSA) is 52.6 Å². The maximum Gasteiger partial charge on any atom is 0.250 e. The van der Waals surface area contributed by atoms with Crippen molar-refractivity contribution in [2.75, 3.05) is 19.6 Å². The molecule has 4 nitrogen and oxygen atoms in total. The molecule has 2 atom stereocenters. The molecule has 2 aliphatic rings. The number of nitrogens with zero attached hydrogens (tertiary/aromatic N) is 1. The van der Waals surface area contributed by atoms with Gasteiger partial charge in [-0.3, -0.25) is 4.79 Å². The van der Waals surface area contributed by atoms with E-state index in [0.717, 1.165) is 25.9 Å². The fraction of sp³-hybridized carbons (Fsp3) is 0.562. The van der Waals surface area contributed by atoms with E-state index in [4.69, 9.17) is 0 Å². The largest absolute Gasteiger partial charge is 0.382 e. The Balaban J connectivity index is 1.56. The van der Waals surface area contributed by atoms with Crippen LogP contribution in [0.2, 0.25) is 0 Å².